The number of hydrogen-bond acceptors (Lipinski definition) is 2. The first-order chi connectivity index (χ1) is 10.5. The van der Waals surface area contributed by atoms with E-state index >= 15 is 0 Å². The number of carboxylic acid groups (broad SMARTS) is 1. The second-order valence-corrected chi connectivity index (χ2v) is 5.50. The third-order valence-electron chi connectivity index (χ3n) is 3.49. The number of anilines is 1. The lowest BCUT2D eigenvalue weighted by atomic mass is 10.1. The van der Waals surface area contributed by atoms with Gasteiger partial charge in [-0.15, -0.1) is 0 Å². The maximum atomic E-state index is 13.9. The van der Waals surface area contributed by atoms with E-state index in [4.69, 9.17) is 5.11 Å². The van der Waals surface area contributed by atoms with Crippen LogP contribution in [0, 0.1) is 19.7 Å². The molecule has 0 heterocycles. The van der Waals surface area contributed by atoms with Crippen LogP contribution in [0.1, 0.15) is 23.1 Å². The van der Waals surface area contributed by atoms with Crippen LogP contribution in [0.5, 0.6) is 0 Å². The zero-order valence-corrected chi connectivity index (χ0v) is 12.8. The van der Waals surface area contributed by atoms with Crippen LogP contribution in [0.2, 0.25) is 0 Å². The first-order valence-corrected chi connectivity index (χ1v) is 7.24. The molecule has 0 saturated carbocycles. The Morgan fingerprint density at radius 3 is 2.36 bits per heavy atom. The molecule has 0 aliphatic rings. The Kier molecular flexibility index (Phi) is 5.15. The van der Waals surface area contributed by atoms with Crippen molar-refractivity contribution in [3.63, 3.8) is 0 Å². The number of aryl methyl sites for hydroxylation is 2. The highest BCUT2D eigenvalue weighted by molar-refractivity contribution is 5.67. The van der Waals surface area contributed by atoms with Gasteiger partial charge >= 0.3 is 5.97 Å². The molecule has 0 radical (unpaired) electrons. The predicted octanol–water partition coefficient (Wildman–Crippen LogP) is 3.92. The third kappa shape index (κ3) is 4.32. The monoisotopic (exact) mass is 301 g/mol. The van der Waals surface area contributed by atoms with Gasteiger partial charge in [-0.1, -0.05) is 24.3 Å². The van der Waals surface area contributed by atoms with Crippen LogP contribution in [-0.4, -0.2) is 17.6 Å². The summed E-state index contributed by atoms with van der Waals surface area (Å²) in [4.78, 5) is 12.8. The Balaban J connectivity index is 2.29. The van der Waals surface area contributed by atoms with Gasteiger partial charge in [0.1, 0.15) is 5.82 Å². The van der Waals surface area contributed by atoms with Crippen molar-refractivity contribution in [1.29, 1.82) is 0 Å². The molecule has 3 nitrogen and oxygen atoms in total. The zero-order valence-electron chi connectivity index (χ0n) is 12.8. The van der Waals surface area contributed by atoms with Crippen LogP contribution in [0.15, 0.2) is 42.5 Å². The summed E-state index contributed by atoms with van der Waals surface area (Å²) in [6.45, 7) is 4.68. The van der Waals surface area contributed by atoms with Crippen LogP contribution < -0.4 is 4.90 Å². The topological polar surface area (TPSA) is 40.5 Å². The highest BCUT2D eigenvalue weighted by Crippen LogP contribution is 2.22. The van der Waals surface area contributed by atoms with Crippen LogP contribution in [0.3, 0.4) is 0 Å². The lowest BCUT2D eigenvalue weighted by molar-refractivity contribution is -0.136. The normalized spacial score (nSPS) is 10.5. The molecule has 2 aromatic carbocycles. The summed E-state index contributed by atoms with van der Waals surface area (Å²) in [5.74, 6) is -1.13. The standard InChI is InChI=1S/C18H20FNO2/c1-13-9-14(2)11-16(10-13)20(8-7-18(21)22)12-15-5-3-4-6-17(15)19/h3-6,9-11H,7-8,12H2,1-2H3,(H,21,22). The third-order valence-corrected chi connectivity index (χ3v) is 3.49. The Morgan fingerprint density at radius 2 is 1.77 bits per heavy atom. The largest absolute Gasteiger partial charge is 0.481 e. The molecule has 2 aromatic rings. The molecular formula is C18H20FNO2. The van der Waals surface area contributed by atoms with Gasteiger partial charge in [0.2, 0.25) is 0 Å². The summed E-state index contributed by atoms with van der Waals surface area (Å²) < 4.78 is 13.9. The number of carboxylic acids is 1. The summed E-state index contributed by atoms with van der Waals surface area (Å²) in [6, 6.07) is 12.6. The van der Waals surface area contributed by atoms with Crippen molar-refractivity contribution in [1.82, 2.24) is 0 Å². The Hall–Kier alpha value is -2.36. The van der Waals surface area contributed by atoms with Crippen molar-refractivity contribution >= 4 is 11.7 Å². The lowest BCUT2D eigenvalue weighted by Gasteiger charge is -2.25. The van der Waals surface area contributed by atoms with Crippen molar-refractivity contribution in [2.24, 2.45) is 0 Å². The molecule has 0 fully saturated rings. The van der Waals surface area contributed by atoms with Gasteiger partial charge in [0, 0.05) is 24.3 Å². The molecule has 0 aliphatic carbocycles. The fourth-order valence-corrected chi connectivity index (χ4v) is 2.50. The van der Waals surface area contributed by atoms with Crippen molar-refractivity contribution in [2.75, 3.05) is 11.4 Å². The summed E-state index contributed by atoms with van der Waals surface area (Å²) in [7, 11) is 0. The average molecular weight is 301 g/mol. The Morgan fingerprint density at radius 1 is 1.14 bits per heavy atom. The van der Waals surface area contributed by atoms with Crippen molar-refractivity contribution in [3.8, 4) is 0 Å². The lowest BCUT2D eigenvalue weighted by Crippen LogP contribution is -2.26. The fourth-order valence-electron chi connectivity index (χ4n) is 2.50. The summed E-state index contributed by atoms with van der Waals surface area (Å²) >= 11 is 0. The summed E-state index contributed by atoms with van der Waals surface area (Å²) in [5.41, 5.74) is 3.68. The number of rotatable bonds is 6. The molecule has 1 N–H and O–H groups in total. The zero-order chi connectivity index (χ0) is 16.1. The van der Waals surface area contributed by atoms with Gasteiger partial charge in [0.15, 0.2) is 0 Å². The van der Waals surface area contributed by atoms with E-state index in [0.717, 1.165) is 16.8 Å². The van der Waals surface area contributed by atoms with E-state index in [0.29, 0.717) is 18.7 Å². The number of benzene rings is 2. The van der Waals surface area contributed by atoms with E-state index in [9.17, 15) is 9.18 Å². The molecule has 116 valence electrons. The van der Waals surface area contributed by atoms with Gasteiger partial charge in [-0.2, -0.15) is 0 Å². The van der Waals surface area contributed by atoms with E-state index in [1.165, 1.54) is 6.07 Å². The minimum absolute atomic E-state index is 0.0153. The highest BCUT2D eigenvalue weighted by atomic mass is 19.1. The summed E-state index contributed by atoms with van der Waals surface area (Å²) in [5, 5.41) is 8.94. The average Bonchev–Trinajstić information content (AvgIpc) is 2.44. The first kappa shape index (κ1) is 16.0. The molecule has 0 aromatic heterocycles. The molecule has 0 saturated heterocycles. The quantitative estimate of drug-likeness (QED) is 0.879. The van der Waals surface area contributed by atoms with E-state index in [2.05, 4.69) is 6.07 Å². The van der Waals surface area contributed by atoms with Gasteiger partial charge in [0.05, 0.1) is 6.42 Å². The second kappa shape index (κ2) is 7.07. The van der Waals surface area contributed by atoms with Gasteiger partial charge < -0.3 is 10.0 Å². The smallest absolute Gasteiger partial charge is 0.305 e. The van der Waals surface area contributed by atoms with Gasteiger partial charge in [-0.25, -0.2) is 4.39 Å². The molecule has 0 spiro atoms. The maximum absolute atomic E-state index is 13.9. The first-order valence-electron chi connectivity index (χ1n) is 7.24. The molecule has 2 rings (SSSR count). The second-order valence-electron chi connectivity index (χ2n) is 5.50. The van der Waals surface area contributed by atoms with Crippen LogP contribution in [-0.2, 0) is 11.3 Å². The molecule has 0 aliphatic heterocycles. The minimum atomic E-state index is -0.858. The Labute approximate surface area is 130 Å². The van der Waals surface area contributed by atoms with Crippen LogP contribution >= 0.6 is 0 Å². The van der Waals surface area contributed by atoms with Crippen molar-refractivity contribution in [2.45, 2.75) is 26.8 Å². The molecule has 4 heteroatoms. The predicted molar refractivity (Wildman–Crippen MR) is 85.6 cm³/mol. The van der Waals surface area contributed by atoms with Gasteiger partial charge in [-0.05, 0) is 43.2 Å². The van der Waals surface area contributed by atoms with Crippen LogP contribution in [0.4, 0.5) is 10.1 Å². The Bertz CT molecular complexity index is 650. The van der Waals surface area contributed by atoms with Crippen molar-refractivity contribution in [3.05, 3.63) is 65.0 Å². The van der Waals surface area contributed by atoms with Gasteiger partial charge in [-0.3, -0.25) is 4.79 Å². The number of halogens is 1. The van der Waals surface area contributed by atoms with E-state index in [-0.39, 0.29) is 12.2 Å². The number of carbonyl (C=O) groups is 1. The van der Waals surface area contributed by atoms with E-state index in [1.54, 1.807) is 18.2 Å². The van der Waals surface area contributed by atoms with E-state index < -0.39 is 5.97 Å². The van der Waals surface area contributed by atoms with Crippen molar-refractivity contribution < 1.29 is 14.3 Å². The molecule has 0 unspecified atom stereocenters. The molecular weight excluding hydrogens is 281 g/mol. The minimum Gasteiger partial charge on any atom is -0.481 e. The summed E-state index contributed by atoms with van der Waals surface area (Å²) in [6.07, 6.45) is 0.0153. The molecule has 0 atom stereocenters. The number of hydrogen-bond donors (Lipinski definition) is 1. The van der Waals surface area contributed by atoms with E-state index in [1.807, 2.05) is 30.9 Å². The fraction of sp³-hybridized carbons (Fsp3) is 0.278. The molecule has 22 heavy (non-hydrogen) atoms. The molecule has 0 bridgehead atoms. The van der Waals surface area contributed by atoms with Crippen LogP contribution in [0.25, 0.3) is 0 Å². The SMILES string of the molecule is Cc1cc(C)cc(N(CCC(=O)O)Cc2ccccc2F)c1. The number of aliphatic carboxylic acids is 1. The van der Waals surface area contributed by atoms with Gasteiger partial charge in [0.25, 0.3) is 0 Å². The number of nitrogens with zero attached hydrogens (tertiary/aromatic N) is 1. The molecule has 0 amide bonds. The highest BCUT2D eigenvalue weighted by Gasteiger charge is 2.12. The maximum Gasteiger partial charge on any atom is 0.305 e.